The highest BCUT2D eigenvalue weighted by Crippen LogP contribution is 2.21. The Balaban J connectivity index is 1.51. The molecule has 4 nitrogen and oxygen atoms in total. The number of carbonyl (C=O) groups is 1. The molecule has 1 N–H and O–H groups in total. The van der Waals surface area contributed by atoms with E-state index in [1.165, 1.54) is 6.07 Å². The highest BCUT2D eigenvalue weighted by atomic mass is 19.1. The molecule has 3 rings (SSSR count). The third-order valence-corrected chi connectivity index (χ3v) is 4.71. The molecule has 1 unspecified atom stereocenters. The van der Waals surface area contributed by atoms with Crippen LogP contribution in [0.5, 0.6) is 0 Å². The quantitative estimate of drug-likeness (QED) is 0.900. The van der Waals surface area contributed by atoms with Crippen molar-refractivity contribution in [2.24, 2.45) is 5.92 Å². The molecule has 1 saturated heterocycles. The van der Waals surface area contributed by atoms with Gasteiger partial charge >= 0.3 is 0 Å². The normalized spacial score (nSPS) is 17.8. The van der Waals surface area contributed by atoms with Crippen molar-refractivity contribution in [3.63, 3.8) is 0 Å². The number of hydrogen-bond donors (Lipinski definition) is 1. The number of likely N-dealkylation sites (tertiary alicyclic amines) is 1. The van der Waals surface area contributed by atoms with E-state index < -0.39 is 23.1 Å². The summed E-state index contributed by atoms with van der Waals surface area (Å²) in [5.74, 6) is -0.247. The van der Waals surface area contributed by atoms with E-state index in [-0.39, 0.29) is 5.92 Å². The third kappa shape index (κ3) is 4.07. The molecule has 0 aliphatic carbocycles. The van der Waals surface area contributed by atoms with Gasteiger partial charge in [-0.15, -0.1) is 0 Å². The molecule has 1 aromatic heterocycles. The van der Waals surface area contributed by atoms with Gasteiger partial charge in [0.15, 0.2) is 0 Å². The zero-order chi connectivity index (χ0) is 18.0. The Labute approximate surface area is 145 Å². The fourth-order valence-electron chi connectivity index (χ4n) is 3.21. The molecule has 0 radical (unpaired) electrons. The lowest BCUT2D eigenvalue weighted by molar-refractivity contribution is 0.0938. The topological polar surface area (TPSA) is 45.5 Å². The minimum absolute atomic E-state index is 0.260. The van der Waals surface area contributed by atoms with Crippen molar-refractivity contribution in [2.75, 3.05) is 19.6 Å². The van der Waals surface area contributed by atoms with Gasteiger partial charge in [-0.2, -0.15) is 0 Å². The molecular weight excluding hydrogens is 326 g/mol. The first-order valence-corrected chi connectivity index (χ1v) is 8.44. The van der Waals surface area contributed by atoms with Crippen molar-refractivity contribution in [1.29, 1.82) is 0 Å². The summed E-state index contributed by atoms with van der Waals surface area (Å²) in [5, 5.41) is 2.65. The molecule has 1 amide bonds. The Bertz CT molecular complexity index is 733. The van der Waals surface area contributed by atoms with Crippen molar-refractivity contribution in [3.05, 3.63) is 58.5 Å². The number of nitrogens with one attached hydrogen (secondary N) is 1. The van der Waals surface area contributed by atoms with E-state index in [0.29, 0.717) is 6.54 Å². The highest BCUT2D eigenvalue weighted by Gasteiger charge is 2.25. The van der Waals surface area contributed by atoms with Crippen LogP contribution in [0.4, 0.5) is 8.78 Å². The summed E-state index contributed by atoms with van der Waals surface area (Å²) in [4.78, 5) is 14.3. The number of furan rings is 1. The molecule has 1 aliphatic rings. The Morgan fingerprint density at radius 3 is 2.68 bits per heavy atom. The molecule has 2 aromatic rings. The van der Waals surface area contributed by atoms with Crippen LogP contribution >= 0.6 is 0 Å². The van der Waals surface area contributed by atoms with Crippen LogP contribution in [0.3, 0.4) is 0 Å². The van der Waals surface area contributed by atoms with E-state index in [0.717, 1.165) is 55.3 Å². The summed E-state index contributed by atoms with van der Waals surface area (Å²) in [7, 11) is 0. The molecule has 0 saturated carbocycles. The van der Waals surface area contributed by atoms with Gasteiger partial charge in [0.25, 0.3) is 5.91 Å². The Morgan fingerprint density at radius 1 is 1.32 bits per heavy atom. The Morgan fingerprint density at radius 2 is 2.04 bits per heavy atom. The third-order valence-electron chi connectivity index (χ3n) is 4.71. The van der Waals surface area contributed by atoms with Crippen molar-refractivity contribution in [3.8, 4) is 0 Å². The number of carbonyl (C=O) groups excluding carboxylic acids is 1. The monoisotopic (exact) mass is 348 g/mol. The predicted molar refractivity (Wildman–Crippen MR) is 90.3 cm³/mol. The molecular formula is C19H22F2N2O2. The molecule has 6 heteroatoms. The number of benzene rings is 1. The molecule has 0 spiro atoms. The first-order valence-electron chi connectivity index (χ1n) is 8.44. The summed E-state index contributed by atoms with van der Waals surface area (Å²) in [6, 6.07) is 5.46. The summed E-state index contributed by atoms with van der Waals surface area (Å²) in [6.07, 6.45) is 0.929. The van der Waals surface area contributed by atoms with Crippen LogP contribution in [-0.4, -0.2) is 30.4 Å². The second kappa shape index (κ2) is 7.35. The summed E-state index contributed by atoms with van der Waals surface area (Å²) >= 11 is 0. The molecule has 2 heterocycles. The van der Waals surface area contributed by atoms with Gasteiger partial charge in [0.2, 0.25) is 0 Å². The number of aryl methyl sites for hydroxylation is 2. The molecule has 1 aromatic carbocycles. The maximum atomic E-state index is 13.6. The van der Waals surface area contributed by atoms with E-state index in [2.05, 4.69) is 10.2 Å². The van der Waals surface area contributed by atoms with E-state index in [1.807, 2.05) is 19.9 Å². The first-order chi connectivity index (χ1) is 11.9. The summed E-state index contributed by atoms with van der Waals surface area (Å²) in [6.45, 7) is 6.84. The first kappa shape index (κ1) is 17.6. The van der Waals surface area contributed by atoms with Gasteiger partial charge in [-0.3, -0.25) is 9.69 Å². The van der Waals surface area contributed by atoms with Gasteiger partial charge in [-0.05, 0) is 56.5 Å². The van der Waals surface area contributed by atoms with E-state index in [1.54, 1.807) is 0 Å². The lowest BCUT2D eigenvalue weighted by atomic mass is 10.1. The molecule has 25 heavy (non-hydrogen) atoms. The minimum atomic E-state index is -0.839. The number of nitrogens with zero attached hydrogens (tertiary/aromatic N) is 1. The predicted octanol–water partition coefficient (Wildman–Crippen LogP) is 3.43. The number of hydrogen-bond acceptors (Lipinski definition) is 3. The minimum Gasteiger partial charge on any atom is -0.465 e. The van der Waals surface area contributed by atoms with Crippen LogP contribution in [-0.2, 0) is 6.54 Å². The highest BCUT2D eigenvalue weighted by molar-refractivity contribution is 5.94. The van der Waals surface area contributed by atoms with Crippen molar-refractivity contribution >= 4 is 5.91 Å². The largest absolute Gasteiger partial charge is 0.465 e. The van der Waals surface area contributed by atoms with Gasteiger partial charge < -0.3 is 9.73 Å². The maximum absolute atomic E-state index is 13.6. The van der Waals surface area contributed by atoms with Crippen molar-refractivity contribution < 1.29 is 18.0 Å². The van der Waals surface area contributed by atoms with Crippen LogP contribution in [0.1, 0.15) is 33.9 Å². The lowest BCUT2D eigenvalue weighted by Crippen LogP contribution is -2.32. The Hall–Kier alpha value is -2.21. The fraction of sp³-hybridized carbons (Fsp3) is 0.421. The lowest BCUT2D eigenvalue weighted by Gasteiger charge is -2.15. The second-order valence-corrected chi connectivity index (χ2v) is 6.65. The van der Waals surface area contributed by atoms with E-state index in [9.17, 15) is 13.6 Å². The van der Waals surface area contributed by atoms with Crippen LogP contribution in [0, 0.1) is 31.4 Å². The van der Waals surface area contributed by atoms with Crippen LogP contribution in [0.25, 0.3) is 0 Å². The van der Waals surface area contributed by atoms with E-state index in [4.69, 9.17) is 4.42 Å². The van der Waals surface area contributed by atoms with Gasteiger partial charge in [0.05, 0.1) is 6.54 Å². The standard InChI is InChI=1S/C19H22F2N2O2/c1-12-8-15(25-13(12)2)11-23-7-6-14(10-23)9-22-19(24)18-16(20)4-3-5-17(18)21/h3-5,8,14H,6-7,9-11H2,1-2H3,(H,22,24). The molecule has 134 valence electrons. The number of rotatable bonds is 5. The number of amides is 1. The van der Waals surface area contributed by atoms with Gasteiger partial charge in [-0.25, -0.2) is 8.78 Å². The average Bonchev–Trinajstić information content (AvgIpc) is 3.12. The summed E-state index contributed by atoms with van der Waals surface area (Å²) in [5.41, 5.74) is 0.629. The van der Waals surface area contributed by atoms with Crippen molar-refractivity contribution in [1.82, 2.24) is 10.2 Å². The van der Waals surface area contributed by atoms with E-state index >= 15 is 0 Å². The molecule has 1 atom stereocenters. The van der Waals surface area contributed by atoms with Gasteiger partial charge in [-0.1, -0.05) is 6.07 Å². The summed E-state index contributed by atoms with van der Waals surface area (Å²) < 4.78 is 32.9. The molecule has 1 fully saturated rings. The SMILES string of the molecule is Cc1cc(CN2CCC(CNC(=O)c3c(F)cccc3F)C2)oc1C. The number of halogens is 2. The maximum Gasteiger partial charge on any atom is 0.257 e. The zero-order valence-corrected chi connectivity index (χ0v) is 14.4. The fourth-order valence-corrected chi connectivity index (χ4v) is 3.21. The molecule has 1 aliphatic heterocycles. The van der Waals surface area contributed by atoms with Crippen LogP contribution in [0.15, 0.2) is 28.7 Å². The molecule has 0 bridgehead atoms. The van der Waals surface area contributed by atoms with Gasteiger partial charge in [0, 0.05) is 13.1 Å². The van der Waals surface area contributed by atoms with Crippen LogP contribution in [0.2, 0.25) is 0 Å². The smallest absolute Gasteiger partial charge is 0.257 e. The second-order valence-electron chi connectivity index (χ2n) is 6.65. The van der Waals surface area contributed by atoms with Crippen LogP contribution < -0.4 is 5.32 Å². The Kier molecular flexibility index (Phi) is 5.18. The average molecular weight is 348 g/mol. The van der Waals surface area contributed by atoms with Gasteiger partial charge in [0.1, 0.15) is 28.7 Å². The zero-order valence-electron chi connectivity index (χ0n) is 14.4. The van der Waals surface area contributed by atoms with Crippen molar-refractivity contribution in [2.45, 2.75) is 26.8 Å².